The summed E-state index contributed by atoms with van der Waals surface area (Å²) < 4.78 is 0. The summed E-state index contributed by atoms with van der Waals surface area (Å²) in [4.78, 5) is 16.3. The van der Waals surface area contributed by atoms with E-state index < -0.39 is 0 Å². The Bertz CT molecular complexity index is 413. The molecule has 2 rings (SSSR count). The molecule has 0 unspecified atom stereocenters. The van der Waals surface area contributed by atoms with Gasteiger partial charge in [0.25, 0.3) is 0 Å². The molecule has 5 heteroatoms. The molecular formula is C14H21ClN2OS. The average Bonchev–Trinajstić information content (AvgIpc) is 2.87. The quantitative estimate of drug-likeness (QED) is 0.846. The molecule has 1 aliphatic rings. The second kappa shape index (κ2) is 7.25. The van der Waals surface area contributed by atoms with Crippen LogP contribution in [0.2, 0.25) is 0 Å². The van der Waals surface area contributed by atoms with Crippen LogP contribution in [-0.2, 0) is 17.1 Å². The molecule has 0 radical (unpaired) electrons. The third-order valence-corrected chi connectivity index (χ3v) is 5.01. The van der Waals surface area contributed by atoms with Crippen LogP contribution < -0.4 is 5.32 Å². The van der Waals surface area contributed by atoms with E-state index in [1.54, 1.807) is 0 Å². The number of alkyl halides is 1. The maximum Gasteiger partial charge on any atom is 0.227 e. The average molecular weight is 301 g/mol. The van der Waals surface area contributed by atoms with E-state index in [1.165, 1.54) is 30.6 Å². The number of carbonyl (C=O) groups excluding carboxylic acids is 1. The second-order valence-corrected chi connectivity index (χ2v) is 6.45. The second-order valence-electron chi connectivity index (χ2n) is 5.24. The van der Waals surface area contributed by atoms with E-state index in [0.29, 0.717) is 18.3 Å². The maximum atomic E-state index is 12.0. The van der Waals surface area contributed by atoms with Crippen LogP contribution in [0.4, 0.5) is 0 Å². The molecule has 0 atom stereocenters. The highest BCUT2D eigenvalue weighted by molar-refractivity contribution is 7.09. The SMILES string of the molecule is CCC1CCC(NC(=O)Cc2nc(CCl)cs2)CC1. The van der Waals surface area contributed by atoms with Crippen LogP contribution in [-0.4, -0.2) is 16.9 Å². The summed E-state index contributed by atoms with van der Waals surface area (Å²) in [6.07, 6.45) is 6.38. The maximum absolute atomic E-state index is 12.0. The topological polar surface area (TPSA) is 42.0 Å². The summed E-state index contributed by atoms with van der Waals surface area (Å²) in [6, 6.07) is 0.364. The van der Waals surface area contributed by atoms with Crippen molar-refractivity contribution in [2.45, 2.75) is 57.4 Å². The van der Waals surface area contributed by atoms with Gasteiger partial charge >= 0.3 is 0 Å². The van der Waals surface area contributed by atoms with Gasteiger partial charge in [-0.15, -0.1) is 22.9 Å². The zero-order chi connectivity index (χ0) is 13.7. The minimum atomic E-state index is 0.0930. The molecule has 1 aromatic heterocycles. The minimum absolute atomic E-state index is 0.0930. The van der Waals surface area contributed by atoms with Gasteiger partial charge in [-0.05, 0) is 31.6 Å². The molecule has 1 fully saturated rings. The number of aromatic nitrogens is 1. The van der Waals surface area contributed by atoms with Crippen LogP contribution in [0, 0.1) is 5.92 Å². The number of hydrogen-bond donors (Lipinski definition) is 1. The highest BCUT2D eigenvalue weighted by Gasteiger charge is 2.21. The Kier molecular flexibility index (Phi) is 5.64. The van der Waals surface area contributed by atoms with Gasteiger partial charge in [-0.1, -0.05) is 13.3 Å². The van der Waals surface area contributed by atoms with E-state index in [4.69, 9.17) is 11.6 Å². The van der Waals surface area contributed by atoms with Gasteiger partial charge in [-0.25, -0.2) is 4.98 Å². The van der Waals surface area contributed by atoms with Crippen LogP contribution in [0.25, 0.3) is 0 Å². The molecule has 19 heavy (non-hydrogen) atoms. The standard InChI is InChI=1S/C14H21ClN2OS/c1-2-10-3-5-11(6-4-10)16-13(18)7-14-17-12(8-15)9-19-14/h9-11H,2-8H2,1H3,(H,16,18). The van der Waals surface area contributed by atoms with Crippen molar-refractivity contribution in [2.75, 3.05) is 0 Å². The van der Waals surface area contributed by atoms with Crippen LogP contribution in [0.3, 0.4) is 0 Å². The van der Waals surface area contributed by atoms with Crippen LogP contribution in [0.15, 0.2) is 5.38 Å². The lowest BCUT2D eigenvalue weighted by Crippen LogP contribution is -2.38. The predicted octanol–water partition coefficient (Wildman–Crippen LogP) is 3.51. The van der Waals surface area contributed by atoms with Crippen molar-refractivity contribution >= 4 is 28.8 Å². The normalized spacial score (nSPS) is 23.3. The summed E-state index contributed by atoms with van der Waals surface area (Å²) in [5.41, 5.74) is 0.859. The molecule has 1 aliphatic carbocycles. The highest BCUT2D eigenvalue weighted by Crippen LogP contribution is 2.26. The molecule has 1 N–H and O–H groups in total. The van der Waals surface area contributed by atoms with Gasteiger partial charge in [-0.3, -0.25) is 4.79 Å². The number of amides is 1. The van der Waals surface area contributed by atoms with Crippen molar-refractivity contribution in [1.29, 1.82) is 0 Å². The van der Waals surface area contributed by atoms with Gasteiger partial charge in [0.1, 0.15) is 5.01 Å². The van der Waals surface area contributed by atoms with Crippen molar-refractivity contribution < 1.29 is 4.79 Å². The molecule has 0 spiro atoms. The number of rotatable bonds is 5. The van der Waals surface area contributed by atoms with E-state index in [1.807, 2.05) is 5.38 Å². The van der Waals surface area contributed by atoms with Gasteiger partial charge in [0.2, 0.25) is 5.91 Å². The fourth-order valence-electron chi connectivity index (χ4n) is 2.62. The molecule has 1 aromatic rings. The minimum Gasteiger partial charge on any atom is -0.353 e. The van der Waals surface area contributed by atoms with Gasteiger partial charge in [0.05, 0.1) is 18.0 Å². The highest BCUT2D eigenvalue weighted by atomic mass is 35.5. The van der Waals surface area contributed by atoms with Gasteiger partial charge in [0, 0.05) is 11.4 Å². The number of thiazole rings is 1. The zero-order valence-corrected chi connectivity index (χ0v) is 12.9. The fourth-order valence-corrected chi connectivity index (χ4v) is 3.64. The van der Waals surface area contributed by atoms with Crippen molar-refractivity contribution in [2.24, 2.45) is 5.92 Å². The number of hydrogen-bond acceptors (Lipinski definition) is 3. The van der Waals surface area contributed by atoms with E-state index in [-0.39, 0.29) is 5.91 Å². The van der Waals surface area contributed by atoms with Crippen molar-refractivity contribution in [3.8, 4) is 0 Å². The van der Waals surface area contributed by atoms with E-state index in [2.05, 4.69) is 17.2 Å². The third-order valence-electron chi connectivity index (χ3n) is 3.84. The van der Waals surface area contributed by atoms with Gasteiger partial charge < -0.3 is 5.32 Å². The van der Waals surface area contributed by atoms with Crippen molar-refractivity contribution in [1.82, 2.24) is 10.3 Å². The number of nitrogens with one attached hydrogen (secondary N) is 1. The summed E-state index contributed by atoms with van der Waals surface area (Å²) in [5, 5.41) is 5.91. The van der Waals surface area contributed by atoms with Crippen molar-refractivity contribution in [3.05, 3.63) is 16.1 Å². The largest absolute Gasteiger partial charge is 0.353 e. The van der Waals surface area contributed by atoms with Crippen molar-refractivity contribution in [3.63, 3.8) is 0 Å². The van der Waals surface area contributed by atoms with E-state index in [0.717, 1.165) is 29.5 Å². The van der Waals surface area contributed by atoms with Crippen LogP contribution in [0.5, 0.6) is 0 Å². The molecule has 1 heterocycles. The molecule has 1 amide bonds. The first kappa shape index (κ1) is 14.8. The predicted molar refractivity (Wildman–Crippen MR) is 79.6 cm³/mol. The Hall–Kier alpha value is -0.610. The van der Waals surface area contributed by atoms with Gasteiger partial charge in [-0.2, -0.15) is 0 Å². The summed E-state index contributed by atoms with van der Waals surface area (Å²) in [6.45, 7) is 2.25. The Morgan fingerprint density at radius 3 is 2.79 bits per heavy atom. The molecule has 0 aromatic carbocycles. The molecular weight excluding hydrogens is 280 g/mol. The summed E-state index contributed by atoms with van der Waals surface area (Å²) in [5.74, 6) is 1.37. The Morgan fingerprint density at radius 1 is 1.47 bits per heavy atom. The Morgan fingerprint density at radius 2 is 2.21 bits per heavy atom. The lowest BCUT2D eigenvalue weighted by molar-refractivity contribution is -0.121. The Balaban J connectivity index is 1.75. The molecule has 0 aliphatic heterocycles. The number of carbonyl (C=O) groups is 1. The first-order valence-electron chi connectivity index (χ1n) is 6.99. The first-order chi connectivity index (χ1) is 9.21. The first-order valence-corrected chi connectivity index (χ1v) is 8.41. The monoisotopic (exact) mass is 300 g/mol. The van der Waals surface area contributed by atoms with Crippen LogP contribution in [0.1, 0.15) is 49.7 Å². The van der Waals surface area contributed by atoms with Gasteiger partial charge in [0.15, 0.2) is 0 Å². The molecule has 3 nitrogen and oxygen atoms in total. The van der Waals surface area contributed by atoms with Crippen LogP contribution >= 0.6 is 22.9 Å². The lowest BCUT2D eigenvalue weighted by Gasteiger charge is -2.28. The van der Waals surface area contributed by atoms with E-state index in [9.17, 15) is 4.79 Å². The zero-order valence-electron chi connectivity index (χ0n) is 11.3. The molecule has 0 saturated heterocycles. The Labute approximate surface area is 123 Å². The molecule has 0 bridgehead atoms. The summed E-state index contributed by atoms with van der Waals surface area (Å²) >= 11 is 7.22. The molecule has 1 saturated carbocycles. The fraction of sp³-hybridized carbons (Fsp3) is 0.714. The summed E-state index contributed by atoms with van der Waals surface area (Å²) in [7, 11) is 0. The number of halogens is 1. The smallest absolute Gasteiger partial charge is 0.227 e. The molecule has 106 valence electrons. The third kappa shape index (κ3) is 4.46. The lowest BCUT2D eigenvalue weighted by atomic mass is 9.84. The number of nitrogens with zero attached hydrogens (tertiary/aromatic N) is 1. The van der Waals surface area contributed by atoms with E-state index >= 15 is 0 Å².